The van der Waals surface area contributed by atoms with Gasteiger partial charge in [-0.05, 0) is 31.5 Å². The van der Waals surface area contributed by atoms with Crippen LogP contribution < -0.4 is 0 Å². The van der Waals surface area contributed by atoms with Crippen molar-refractivity contribution in [1.29, 1.82) is 0 Å². The molecule has 1 saturated heterocycles. The van der Waals surface area contributed by atoms with E-state index in [-0.39, 0.29) is 23.8 Å². The molecule has 0 aromatic heterocycles. The van der Waals surface area contributed by atoms with E-state index < -0.39 is 6.10 Å². The molecule has 118 valence electrons. The minimum Gasteiger partial charge on any atom is -0.469 e. The minimum atomic E-state index is -0.408. The van der Waals surface area contributed by atoms with Gasteiger partial charge in [0.25, 0.3) is 0 Å². The highest BCUT2D eigenvalue weighted by Gasteiger charge is 2.50. The Morgan fingerprint density at radius 2 is 1.91 bits per heavy atom. The molecule has 1 aromatic rings. The van der Waals surface area contributed by atoms with E-state index in [9.17, 15) is 9.59 Å². The fourth-order valence-electron chi connectivity index (χ4n) is 3.76. The second-order valence-corrected chi connectivity index (χ2v) is 6.18. The van der Waals surface area contributed by atoms with Crippen LogP contribution in [0.15, 0.2) is 30.3 Å². The average Bonchev–Trinajstić information content (AvgIpc) is 2.82. The normalized spacial score (nSPS) is 30.8. The summed E-state index contributed by atoms with van der Waals surface area (Å²) >= 11 is 0. The van der Waals surface area contributed by atoms with Crippen LogP contribution in [-0.2, 0) is 14.3 Å². The summed E-state index contributed by atoms with van der Waals surface area (Å²) in [6.07, 6.45) is 1.25. The maximum atomic E-state index is 12.3. The highest BCUT2D eigenvalue weighted by molar-refractivity contribution is 5.89. The standard InChI is InChI=1S/C17H21NO4/c1-18-10-12-8-13(18)9-14(15(12)17(20)21-2)22-16(19)11-6-4-3-5-7-11/h3-7,12-15H,8-10H2,1-2H3. The monoisotopic (exact) mass is 303 g/mol. The third-order valence-corrected chi connectivity index (χ3v) is 4.87. The second-order valence-electron chi connectivity index (χ2n) is 6.18. The number of nitrogens with zero attached hydrogens (tertiary/aromatic N) is 1. The first-order chi connectivity index (χ1) is 10.6. The van der Waals surface area contributed by atoms with Gasteiger partial charge >= 0.3 is 11.9 Å². The van der Waals surface area contributed by atoms with Gasteiger partial charge in [-0.15, -0.1) is 0 Å². The van der Waals surface area contributed by atoms with E-state index in [4.69, 9.17) is 9.47 Å². The first-order valence-corrected chi connectivity index (χ1v) is 7.64. The molecule has 4 unspecified atom stereocenters. The van der Waals surface area contributed by atoms with Gasteiger partial charge in [0, 0.05) is 19.0 Å². The number of methoxy groups -OCH3 is 1. The van der Waals surface area contributed by atoms with Crippen molar-refractivity contribution < 1.29 is 19.1 Å². The summed E-state index contributed by atoms with van der Waals surface area (Å²) in [6, 6.07) is 9.26. The Bertz CT molecular complexity index is 557. The van der Waals surface area contributed by atoms with Crippen LogP contribution in [-0.4, -0.2) is 49.7 Å². The molecule has 1 aromatic carbocycles. The van der Waals surface area contributed by atoms with Gasteiger partial charge in [-0.3, -0.25) is 4.79 Å². The van der Waals surface area contributed by atoms with E-state index in [0.717, 1.165) is 13.0 Å². The van der Waals surface area contributed by atoms with E-state index in [1.807, 2.05) is 6.07 Å². The van der Waals surface area contributed by atoms with E-state index in [1.54, 1.807) is 24.3 Å². The number of carbonyl (C=O) groups is 2. The van der Waals surface area contributed by atoms with Crippen LogP contribution in [0.2, 0.25) is 0 Å². The number of esters is 2. The van der Waals surface area contributed by atoms with Gasteiger partial charge in [-0.25, -0.2) is 4.79 Å². The van der Waals surface area contributed by atoms with Crippen molar-refractivity contribution in [3.8, 4) is 0 Å². The minimum absolute atomic E-state index is 0.199. The molecule has 1 aliphatic carbocycles. The van der Waals surface area contributed by atoms with Crippen LogP contribution >= 0.6 is 0 Å². The van der Waals surface area contributed by atoms with Crippen LogP contribution in [0.5, 0.6) is 0 Å². The lowest BCUT2D eigenvalue weighted by Crippen LogP contribution is -2.43. The molecule has 0 spiro atoms. The Labute approximate surface area is 130 Å². The molecule has 0 amide bonds. The highest BCUT2D eigenvalue weighted by Crippen LogP contribution is 2.41. The number of fused-ring (bicyclic) bond motifs is 2. The van der Waals surface area contributed by atoms with E-state index in [1.165, 1.54) is 7.11 Å². The van der Waals surface area contributed by atoms with Crippen LogP contribution in [0.4, 0.5) is 0 Å². The molecule has 4 atom stereocenters. The Morgan fingerprint density at radius 3 is 2.59 bits per heavy atom. The average molecular weight is 303 g/mol. The molecule has 1 heterocycles. The lowest BCUT2D eigenvalue weighted by Gasteiger charge is -2.34. The van der Waals surface area contributed by atoms with Gasteiger partial charge in [0.05, 0.1) is 18.6 Å². The molecule has 2 aliphatic rings. The fourth-order valence-corrected chi connectivity index (χ4v) is 3.76. The summed E-state index contributed by atoms with van der Waals surface area (Å²) in [7, 11) is 3.45. The van der Waals surface area contributed by atoms with Crippen LogP contribution in [0, 0.1) is 11.8 Å². The van der Waals surface area contributed by atoms with Gasteiger partial charge in [0.15, 0.2) is 0 Å². The van der Waals surface area contributed by atoms with E-state index in [0.29, 0.717) is 18.0 Å². The van der Waals surface area contributed by atoms with Crippen molar-refractivity contribution in [2.75, 3.05) is 20.7 Å². The molecular weight excluding hydrogens is 282 g/mol. The lowest BCUT2D eigenvalue weighted by molar-refractivity contribution is -0.153. The van der Waals surface area contributed by atoms with E-state index >= 15 is 0 Å². The molecule has 22 heavy (non-hydrogen) atoms. The Morgan fingerprint density at radius 1 is 1.18 bits per heavy atom. The van der Waals surface area contributed by atoms with Gasteiger partial charge in [-0.1, -0.05) is 18.2 Å². The molecule has 0 radical (unpaired) electrons. The Balaban J connectivity index is 1.78. The second kappa shape index (κ2) is 6.08. The lowest BCUT2D eigenvalue weighted by atomic mass is 9.78. The quantitative estimate of drug-likeness (QED) is 0.796. The summed E-state index contributed by atoms with van der Waals surface area (Å²) in [6.45, 7) is 0.851. The number of carbonyl (C=O) groups excluding carboxylic acids is 2. The number of hydrogen-bond donors (Lipinski definition) is 0. The van der Waals surface area contributed by atoms with Crippen molar-refractivity contribution in [3.05, 3.63) is 35.9 Å². The number of benzene rings is 1. The van der Waals surface area contributed by atoms with Crippen molar-refractivity contribution in [2.45, 2.75) is 25.0 Å². The molecule has 3 rings (SSSR count). The van der Waals surface area contributed by atoms with Crippen LogP contribution in [0.1, 0.15) is 23.2 Å². The van der Waals surface area contributed by atoms with Gasteiger partial charge in [0.2, 0.25) is 0 Å². The SMILES string of the molecule is COC(=O)C1C2CC(CC1OC(=O)c1ccccc1)N(C)C2. The smallest absolute Gasteiger partial charge is 0.338 e. The summed E-state index contributed by atoms with van der Waals surface area (Å²) in [5.41, 5.74) is 0.511. The maximum absolute atomic E-state index is 12.3. The first-order valence-electron chi connectivity index (χ1n) is 7.64. The predicted octanol–water partition coefficient (Wildman–Crippen LogP) is 1.73. The zero-order valence-electron chi connectivity index (χ0n) is 12.9. The van der Waals surface area contributed by atoms with Gasteiger partial charge < -0.3 is 14.4 Å². The van der Waals surface area contributed by atoms with Gasteiger partial charge in [0.1, 0.15) is 6.10 Å². The number of rotatable bonds is 3. The molecule has 0 N–H and O–H groups in total. The molecule has 1 saturated carbocycles. The number of ether oxygens (including phenoxy) is 2. The predicted molar refractivity (Wildman–Crippen MR) is 80.3 cm³/mol. The van der Waals surface area contributed by atoms with Crippen molar-refractivity contribution in [3.63, 3.8) is 0 Å². The third kappa shape index (κ3) is 2.73. The zero-order valence-corrected chi connectivity index (χ0v) is 12.9. The topological polar surface area (TPSA) is 55.8 Å². The molecule has 1 aliphatic heterocycles. The number of hydrogen-bond acceptors (Lipinski definition) is 5. The third-order valence-electron chi connectivity index (χ3n) is 4.87. The number of likely N-dealkylation sites (tertiary alicyclic amines) is 1. The Kier molecular flexibility index (Phi) is 4.16. The molecular formula is C17H21NO4. The molecule has 5 heteroatoms. The first kappa shape index (κ1) is 15.0. The Hall–Kier alpha value is -1.88. The zero-order chi connectivity index (χ0) is 15.7. The summed E-state index contributed by atoms with van der Waals surface area (Å²) in [5, 5.41) is 0. The molecule has 5 nitrogen and oxygen atoms in total. The van der Waals surface area contributed by atoms with E-state index in [2.05, 4.69) is 11.9 Å². The van der Waals surface area contributed by atoms with Crippen molar-refractivity contribution >= 4 is 11.9 Å². The maximum Gasteiger partial charge on any atom is 0.338 e. The summed E-state index contributed by atoms with van der Waals surface area (Å²) in [4.78, 5) is 26.7. The molecule has 2 bridgehead atoms. The largest absolute Gasteiger partial charge is 0.469 e. The van der Waals surface area contributed by atoms with Crippen LogP contribution in [0.25, 0.3) is 0 Å². The van der Waals surface area contributed by atoms with Crippen molar-refractivity contribution in [1.82, 2.24) is 4.90 Å². The fraction of sp³-hybridized carbons (Fsp3) is 0.529. The summed E-state index contributed by atoms with van der Waals surface area (Å²) < 4.78 is 10.6. The highest BCUT2D eigenvalue weighted by atomic mass is 16.6. The van der Waals surface area contributed by atoms with Crippen LogP contribution in [0.3, 0.4) is 0 Å². The molecule has 2 fully saturated rings. The summed E-state index contributed by atoms with van der Waals surface area (Å²) in [5.74, 6) is -0.809. The van der Waals surface area contributed by atoms with Crippen molar-refractivity contribution in [2.24, 2.45) is 11.8 Å². The van der Waals surface area contributed by atoms with Gasteiger partial charge in [-0.2, -0.15) is 0 Å².